The van der Waals surface area contributed by atoms with Gasteiger partial charge in [-0.05, 0) is 17.7 Å². The van der Waals surface area contributed by atoms with E-state index >= 15 is 0 Å². The lowest BCUT2D eigenvalue weighted by Crippen LogP contribution is -2.26. The molecular formula is C16H16N2O3. The van der Waals surface area contributed by atoms with Crippen molar-refractivity contribution in [3.63, 3.8) is 0 Å². The molecule has 0 saturated carbocycles. The molecule has 0 spiro atoms. The van der Waals surface area contributed by atoms with Crippen molar-refractivity contribution < 1.29 is 14.4 Å². The third kappa shape index (κ3) is 4.20. The zero-order chi connectivity index (χ0) is 15.1. The minimum absolute atomic E-state index is 0.0695. The fourth-order valence-corrected chi connectivity index (χ4v) is 1.78. The van der Waals surface area contributed by atoms with E-state index in [1.165, 1.54) is 6.26 Å². The lowest BCUT2D eigenvalue weighted by atomic mass is 10.1. The van der Waals surface area contributed by atoms with E-state index in [2.05, 4.69) is 21.5 Å². The highest BCUT2D eigenvalue weighted by atomic mass is 16.5. The number of hydrogen-bond acceptors (Lipinski definition) is 4. The van der Waals surface area contributed by atoms with Gasteiger partial charge in [0.05, 0.1) is 6.61 Å². The molecule has 0 aliphatic rings. The third-order valence-electron chi connectivity index (χ3n) is 2.85. The van der Waals surface area contributed by atoms with Crippen LogP contribution >= 0.6 is 0 Å². The molecule has 0 unspecified atom stereocenters. The third-order valence-corrected chi connectivity index (χ3v) is 2.85. The summed E-state index contributed by atoms with van der Waals surface area (Å²) in [6.45, 7) is 0.552. The van der Waals surface area contributed by atoms with E-state index in [1.54, 1.807) is 18.0 Å². The highest BCUT2D eigenvalue weighted by molar-refractivity contribution is 5.91. The number of aliphatic hydroxyl groups is 1. The summed E-state index contributed by atoms with van der Waals surface area (Å²) in [5, 5.41) is 12.3. The van der Waals surface area contributed by atoms with Gasteiger partial charge in [-0.2, -0.15) is 0 Å². The first kappa shape index (κ1) is 14.8. The number of hydrogen-bond donors (Lipinski definition) is 1. The van der Waals surface area contributed by atoms with E-state index in [0.29, 0.717) is 18.7 Å². The van der Waals surface area contributed by atoms with Crippen molar-refractivity contribution in [2.24, 2.45) is 0 Å². The zero-order valence-electron chi connectivity index (χ0n) is 11.7. The van der Waals surface area contributed by atoms with Crippen LogP contribution in [0, 0.1) is 11.8 Å². The second-order valence-corrected chi connectivity index (χ2v) is 4.52. The maximum atomic E-state index is 12.0. The summed E-state index contributed by atoms with van der Waals surface area (Å²) in [5.41, 5.74) is 2.18. The fourth-order valence-electron chi connectivity index (χ4n) is 1.78. The highest BCUT2D eigenvalue weighted by Crippen LogP contribution is 2.08. The fraction of sp³-hybridized carbons (Fsp3) is 0.250. The number of aliphatic hydroxyl groups excluding tert-OH is 1. The van der Waals surface area contributed by atoms with Crippen LogP contribution < -0.4 is 0 Å². The van der Waals surface area contributed by atoms with Gasteiger partial charge in [-0.15, -0.1) is 0 Å². The summed E-state index contributed by atoms with van der Waals surface area (Å²) < 4.78 is 4.67. The predicted octanol–water partition coefficient (Wildman–Crippen LogP) is 1.68. The zero-order valence-corrected chi connectivity index (χ0v) is 11.7. The Labute approximate surface area is 123 Å². The molecule has 1 N–H and O–H groups in total. The Morgan fingerprint density at radius 3 is 2.71 bits per heavy atom. The molecule has 108 valence electrons. The van der Waals surface area contributed by atoms with Gasteiger partial charge in [0, 0.05) is 31.6 Å². The summed E-state index contributed by atoms with van der Waals surface area (Å²) in [7, 11) is 1.71. The Hall–Kier alpha value is -2.58. The molecule has 0 aliphatic carbocycles. The van der Waals surface area contributed by atoms with Crippen LogP contribution in [-0.4, -0.2) is 34.7 Å². The van der Waals surface area contributed by atoms with Gasteiger partial charge < -0.3 is 14.5 Å². The van der Waals surface area contributed by atoms with Gasteiger partial charge in [0.15, 0.2) is 5.69 Å². The Kier molecular flexibility index (Phi) is 5.13. The summed E-state index contributed by atoms with van der Waals surface area (Å²) in [6.07, 6.45) is 1.84. The number of amides is 1. The van der Waals surface area contributed by atoms with Crippen LogP contribution in [0.2, 0.25) is 0 Å². The number of nitrogens with zero attached hydrogens (tertiary/aromatic N) is 2. The van der Waals surface area contributed by atoms with Crippen LogP contribution in [0.1, 0.15) is 28.0 Å². The minimum Gasteiger partial charge on any atom is -0.395 e. The lowest BCUT2D eigenvalue weighted by molar-refractivity contribution is 0.0775. The molecule has 0 atom stereocenters. The van der Waals surface area contributed by atoms with E-state index in [-0.39, 0.29) is 12.5 Å². The first-order valence-electron chi connectivity index (χ1n) is 6.55. The molecule has 1 heterocycles. The number of rotatable bonds is 4. The van der Waals surface area contributed by atoms with Gasteiger partial charge in [0.2, 0.25) is 0 Å². The molecule has 1 amide bonds. The van der Waals surface area contributed by atoms with Gasteiger partial charge in [-0.25, -0.2) is 0 Å². The van der Waals surface area contributed by atoms with Crippen LogP contribution in [0.25, 0.3) is 0 Å². The van der Waals surface area contributed by atoms with E-state index in [9.17, 15) is 4.79 Å². The maximum Gasteiger partial charge on any atom is 0.276 e. The summed E-state index contributed by atoms with van der Waals surface area (Å²) in [6, 6.07) is 9.19. The molecule has 2 aromatic rings. The summed E-state index contributed by atoms with van der Waals surface area (Å²) in [5.74, 6) is 5.64. The van der Waals surface area contributed by atoms with Gasteiger partial charge >= 0.3 is 0 Å². The largest absolute Gasteiger partial charge is 0.395 e. The number of carbonyl (C=O) groups is 1. The Balaban J connectivity index is 1.97. The Bertz CT molecular complexity index is 636. The molecule has 0 bridgehead atoms. The molecule has 5 nitrogen and oxygen atoms in total. The molecule has 1 aromatic carbocycles. The second-order valence-electron chi connectivity index (χ2n) is 4.52. The summed E-state index contributed by atoms with van der Waals surface area (Å²) in [4.78, 5) is 13.6. The van der Waals surface area contributed by atoms with Crippen LogP contribution in [0.15, 0.2) is 41.1 Å². The van der Waals surface area contributed by atoms with Crippen molar-refractivity contribution >= 4 is 5.91 Å². The molecule has 0 fully saturated rings. The Morgan fingerprint density at radius 2 is 2.10 bits per heavy atom. The molecule has 2 rings (SSSR count). The van der Waals surface area contributed by atoms with Gasteiger partial charge in [0.1, 0.15) is 6.26 Å². The number of carbonyl (C=O) groups excluding carboxylic acids is 1. The van der Waals surface area contributed by atoms with Gasteiger partial charge in [-0.1, -0.05) is 29.1 Å². The lowest BCUT2D eigenvalue weighted by Gasteiger charge is -2.15. The number of aromatic nitrogens is 1. The van der Waals surface area contributed by atoms with Crippen molar-refractivity contribution in [3.8, 4) is 11.8 Å². The quantitative estimate of drug-likeness (QED) is 0.867. The highest BCUT2D eigenvalue weighted by Gasteiger charge is 2.14. The molecule has 0 saturated heterocycles. The van der Waals surface area contributed by atoms with E-state index < -0.39 is 0 Å². The van der Waals surface area contributed by atoms with Gasteiger partial charge in [0.25, 0.3) is 5.91 Å². The SMILES string of the molecule is CN(Cc1ccc(C#CCCO)cc1)C(=O)c1ccon1. The first-order chi connectivity index (χ1) is 10.2. The van der Waals surface area contributed by atoms with Crippen molar-refractivity contribution in [1.29, 1.82) is 0 Å². The average molecular weight is 284 g/mol. The minimum atomic E-state index is -0.185. The van der Waals surface area contributed by atoms with Crippen LogP contribution in [-0.2, 0) is 6.54 Å². The monoisotopic (exact) mass is 284 g/mol. The normalized spacial score (nSPS) is 9.81. The molecule has 1 aromatic heterocycles. The maximum absolute atomic E-state index is 12.0. The molecule has 21 heavy (non-hydrogen) atoms. The smallest absolute Gasteiger partial charge is 0.276 e. The molecule has 0 radical (unpaired) electrons. The molecular weight excluding hydrogens is 268 g/mol. The molecule has 0 aliphatic heterocycles. The van der Waals surface area contributed by atoms with E-state index in [4.69, 9.17) is 5.11 Å². The van der Waals surface area contributed by atoms with E-state index in [0.717, 1.165) is 11.1 Å². The van der Waals surface area contributed by atoms with Crippen molar-refractivity contribution in [2.75, 3.05) is 13.7 Å². The average Bonchev–Trinajstić information content (AvgIpc) is 3.02. The van der Waals surface area contributed by atoms with Gasteiger partial charge in [-0.3, -0.25) is 4.79 Å². The van der Waals surface area contributed by atoms with E-state index in [1.807, 2.05) is 24.3 Å². The predicted molar refractivity (Wildman–Crippen MR) is 77.3 cm³/mol. The topological polar surface area (TPSA) is 66.6 Å². The summed E-state index contributed by atoms with van der Waals surface area (Å²) >= 11 is 0. The second kappa shape index (κ2) is 7.27. The standard InChI is InChI=1S/C16H16N2O3/c1-18(16(20)15-9-11-21-17-15)12-14-7-5-13(6-8-14)4-2-3-10-19/h5-9,11,19H,3,10,12H2,1H3. The van der Waals surface area contributed by atoms with Crippen LogP contribution in [0.5, 0.6) is 0 Å². The van der Waals surface area contributed by atoms with Crippen molar-refractivity contribution in [2.45, 2.75) is 13.0 Å². The van der Waals surface area contributed by atoms with Crippen LogP contribution in [0.3, 0.4) is 0 Å². The van der Waals surface area contributed by atoms with Crippen molar-refractivity contribution in [1.82, 2.24) is 10.1 Å². The van der Waals surface area contributed by atoms with Crippen molar-refractivity contribution in [3.05, 3.63) is 53.4 Å². The molecule has 5 heteroatoms. The first-order valence-corrected chi connectivity index (χ1v) is 6.55. The van der Waals surface area contributed by atoms with Crippen LogP contribution in [0.4, 0.5) is 0 Å². The Morgan fingerprint density at radius 1 is 1.33 bits per heavy atom. The number of benzene rings is 1.